The molecule has 0 unspecified atom stereocenters. The third kappa shape index (κ3) is 6.74. The highest BCUT2D eigenvalue weighted by Crippen LogP contribution is 2.24. The van der Waals surface area contributed by atoms with Crippen molar-refractivity contribution >= 4 is 17.7 Å². The number of rotatable bonds is 9. The van der Waals surface area contributed by atoms with Crippen molar-refractivity contribution in [1.29, 1.82) is 0 Å². The van der Waals surface area contributed by atoms with Gasteiger partial charge in [0.15, 0.2) is 0 Å². The standard InChI is InChI=1S/C27H35N3O5/c1-5-18(2)28-26(32)24(29-25(31)21-7-6-8-23(17-21)35-4)19-13-15-30(16-14-19)27(33)20-9-11-22(34-3)12-10-20/h6-12,17-19,24H,5,13-16H2,1-4H3,(H,28,32)(H,29,31)/t18-,24+/m1/s1. The molecule has 0 saturated carbocycles. The number of nitrogens with zero attached hydrogens (tertiary/aromatic N) is 1. The molecule has 1 aliphatic heterocycles. The van der Waals surface area contributed by atoms with Crippen molar-refractivity contribution in [1.82, 2.24) is 15.5 Å². The lowest BCUT2D eigenvalue weighted by molar-refractivity contribution is -0.125. The van der Waals surface area contributed by atoms with Crippen LogP contribution in [0, 0.1) is 5.92 Å². The van der Waals surface area contributed by atoms with Crippen LogP contribution in [-0.4, -0.2) is 62.0 Å². The minimum Gasteiger partial charge on any atom is -0.497 e. The average molecular weight is 482 g/mol. The normalized spacial score (nSPS) is 15.6. The summed E-state index contributed by atoms with van der Waals surface area (Å²) in [5.74, 6) is 0.604. The minimum absolute atomic E-state index is 0.00420. The zero-order valence-electron chi connectivity index (χ0n) is 20.9. The largest absolute Gasteiger partial charge is 0.497 e. The molecule has 0 aliphatic carbocycles. The first-order valence-corrected chi connectivity index (χ1v) is 12.0. The smallest absolute Gasteiger partial charge is 0.253 e. The van der Waals surface area contributed by atoms with Gasteiger partial charge in [0.1, 0.15) is 17.5 Å². The van der Waals surface area contributed by atoms with Crippen LogP contribution >= 0.6 is 0 Å². The molecule has 0 aromatic heterocycles. The van der Waals surface area contributed by atoms with Crippen LogP contribution in [0.15, 0.2) is 48.5 Å². The van der Waals surface area contributed by atoms with Gasteiger partial charge in [-0.3, -0.25) is 14.4 Å². The van der Waals surface area contributed by atoms with E-state index in [0.29, 0.717) is 48.6 Å². The van der Waals surface area contributed by atoms with Crippen LogP contribution in [-0.2, 0) is 4.79 Å². The summed E-state index contributed by atoms with van der Waals surface area (Å²) in [7, 11) is 3.13. The van der Waals surface area contributed by atoms with Crippen molar-refractivity contribution < 1.29 is 23.9 Å². The molecular weight excluding hydrogens is 446 g/mol. The molecular formula is C27H35N3O5. The molecule has 0 bridgehead atoms. The van der Waals surface area contributed by atoms with Gasteiger partial charge >= 0.3 is 0 Å². The second-order valence-electron chi connectivity index (χ2n) is 8.86. The predicted octanol–water partition coefficient (Wildman–Crippen LogP) is 3.27. The van der Waals surface area contributed by atoms with Crippen LogP contribution in [0.3, 0.4) is 0 Å². The number of hydrogen-bond donors (Lipinski definition) is 2. The van der Waals surface area contributed by atoms with Gasteiger partial charge in [0.25, 0.3) is 11.8 Å². The number of carbonyl (C=O) groups is 3. The summed E-state index contributed by atoms with van der Waals surface area (Å²) in [6.07, 6.45) is 2.01. The maximum absolute atomic E-state index is 13.2. The molecule has 3 rings (SSSR count). The van der Waals surface area contributed by atoms with E-state index in [2.05, 4.69) is 10.6 Å². The molecule has 2 aromatic rings. The summed E-state index contributed by atoms with van der Waals surface area (Å²) >= 11 is 0. The maximum atomic E-state index is 13.2. The summed E-state index contributed by atoms with van der Waals surface area (Å²) in [4.78, 5) is 40.9. The number of benzene rings is 2. The molecule has 1 heterocycles. The third-order valence-electron chi connectivity index (χ3n) is 6.54. The monoisotopic (exact) mass is 481 g/mol. The number of methoxy groups -OCH3 is 2. The number of ether oxygens (including phenoxy) is 2. The van der Waals surface area contributed by atoms with Gasteiger partial charge in [-0.05, 0) is 74.6 Å². The third-order valence-corrected chi connectivity index (χ3v) is 6.54. The lowest BCUT2D eigenvalue weighted by Crippen LogP contribution is -2.55. The summed E-state index contributed by atoms with van der Waals surface area (Å²) < 4.78 is 10.4. The van der Waals surface area contributed by atoms with Gasteiger partial charge in [-0.25, -0.2) is 0 Å². The quantitative estimate of drug-likeness (QED) is 0.573. The molecule has 2 N–H and O–H groups in total. The van der Waals surface area contributed by atoms with Gasteiger partial charge in [0, 0.05) is 30.3 Å². The molecule has 188 valence electrons. The Hall–Kier alpha value is -3.55. The van der Waals surface area contributed by atoms with Crippen molar-refractivity contribution in [2.24, 2.45) is 5.92 Å². The second kappa shape index (κ2) is 12.2. The van der Waals surface area contributed by atoms with Gasteiger partial charge in [-0.1, -0.05) is 13.0 Å². The van der Waals surface area contributed by atoms with E-state index in [1.165, 1.54) is 0 Å². The molecule has 8 nitrogen and oxygen atoms in total. The Kier molecular flexibility index (Phi) is 9.11. The van der Waals surface area contributed by atoms with Crippen molar-refractivity contribution in [3.63, 3.8) is 0 Å². The van der Waals surface area contributed by atoms with E-state index in [4.69, 9.17) is 9.47 Å². The molecule has 35 heavy (non-hydrogen) atoms. The first kappa shape index (κ1) is 26.1. The molecule has 2 aromatic carbocycles. The summed E-state index contributed by atoms with van der Waals surface area (Å²) in [6.45, 7) is 4.96. The van der Waals surface area contributed by atoms with E-state index in [1.807, 2.05) is 13.8 Å². The Morgan fingerprint density at radius 2 is 1.60 bits per heavy atom. The number of amides is 3. The average Bonchev–Trinajstić information content (AvgIpc) is 2.91. The zero-order valence-corrected chi connectivity index (χ0v) is 20.9. The van der Waals surface area contributed by atoms with E-state index < -0.39 is 6.04 Å². The number of nitrogens with one attached hydrogen (secondary N) is 2. The fourth-order valence-electron chi connectivity index (χ4n) is 4.17. The van der Waals surface area contributed by atoms with Gasteiger partial charge in [0.2, 0.25) is 5.91 Å². The molecule has 8 heteroatoms. The van der Waals surface area contributed by atoms with Crippen LogP contribution in [0.5, 0.6) is 11.5 Å². The van der Waals surface area contributed by atoms with Gasteiger partial charge in [-0.2, -0.15) is 0 Å². The van der Waals surface area contributed by atoms with Crippen molar-refractivity contribution in [3.8, 4) is 11.5 Å². The highest BCUT2D eigenvalue weighted by molar-refractivity contribution is 5.98. The molecule has 2 atom stereocenters. The molecule has 0 spiro atoms. The highest BCUT2D eigenvalue weighted by atomic mass is 16.5. The van der Waals surface area contributed by atoms with E-state index in [-0.39, 0.29) is 29.7 Å². The number of carbonyl (C=O) groups excluding carboxylic acids is 3. The first-order chi connectivity index (χ1) is 16.9. The van der Waals surface area contributed by atoms with E-state index in [1.54, 1.807) is 67.7 Å². The lowest BCUT2D eigenvalue weighted by atomic mass is 9.88. The summed E-state index contributed by atoms with van der Waals surface area (Å²) in [6, 6.07) is 13.2. The highest BCUT2D eigenvalue weighted by Gasteiger charge is 2.34. The van der Waals surface area contributed by atoms with Gasteiger partial charge in [-0.15, -0.1) is 0 Å². The van der Waals surface area contributed by atoms with Crippen molar-refractivity contribution in [3.05, 3.63) is 59.7 Å². The number of piperidine rings is 1. The fraction of sp³-hybridized carbons (Fsp3) is 0.444. The minimum atomic E-state index is -0.694. The lowest BCUT2D eigenvalue weighted by Gasteiger charge is -2.36. The Balaban J connectivity index is 1.70. The van der Waals surface area contributed by atoms with Gasteiger partial charge in [0.05, 0.1) is 14.2 Å². The predicted molar refractivity (Wildman–Crippen MR) is 134 cm³/mol. The first-order valence-electron chi connectivity index (χ1n) is 12.0. The van der Waals surface area contributed by atoms with Crippen molar-refractivity contribution in [2.45, 2.75) is 45.2 Å². The van der Waals surface area contributed by atoms with E-state index in [9.17, 15) is 14.4 Å². The molecule has 1 saturated heterocycles. The van der Waals surface area contributed by atoms with E-state index in [0.717, 1.165) is 6.42 Å². The SMILES string of the molecule is CC[C@@H](C)NC(=O)[C@@H](NC(=O)c1cccc(OC)c1)C1CCN(C(=O)c2ccc(OC)cc2)CC1. The Morgan fingerprint density at radius 1 is 0.943 bits per heavy atom. The Morgan fingerprint density at radius 3 is 2.20 bits per heavy atom. The molecule has 0 radical (unpaired) electrons. The van der Waals surface area contributed by atoms with E-state index >= 15 is 0 Å². The van der Waals surface area contributed by atoms with Gasteiger partial charge < -0.3 is 25.0 Å². The zero-order chi connectivity index (χ0) is 25.4. The van der Waals surface area contributed by atoms with Crippen LogP contribution in [0.2, 0.25) is 0 Å². The number of hydrogen-bond acceptors (Lipinski definition) is 5. The summed E-state index contributed by atoms with van der Waals surface area (Å²) in [5, 5.41) is 5.95. The maximum Gasteiger partial charge on any atom is 0.253 e. The Bertz CT molecular complexity index is 1020. The van der Waals surface area contributed by atoms with Crippen molar-refractivity contribution in [2.75, 3.05) is 27.3 Å². The molecule has 3 amide bonds. The van der Waals surface area contributed by atoms with Crippen LogP contribution < -0.4 is 20.1 Å². The fourth-order valence-corrected chi connectivity index (χ4v) is 4.17. The summed E-state index contributed by atoms with van der Waals surface area (Å²) in [5.41, 5.74) is 1.03. The molecule has 1 fully saturated rings. The van der Waals surface area contributed by atoms with Crippen LogP contribution in [0.1, 0.15) is 53.8 Å². The number of likely N-dealkylation sites (tertiary alicyclic amines) is 1. The van der Waals surface area contributed by atoms with Crippen LogP contribution in [0.4, 0.5) is 0 Å². The topological polar surface area (TPSA) is 97.0 Å². The second-order valence-corrected chi connectivity index (χ2v) is 8.86. The Labute approximate surface area is 207 Å². The molecule has 1 aliphatic rings. The van der Waals surface area contributed by atoms with Crippen LogP contribution in [0.25, 0.3) is 0 Å².